The number of anilines is 1. The number of ether oxygens (including phenoxy) is 1. The van der Waals surface area contributed by atoms with E-state index >= 15 is 0 Å². The third-order valence-electron chi connectivity index (χ3n) is 2.88. The smallest absolute Gasteiger partial charge is 0.338 e. The number of benzene rings is 1. The Morgan fingerprint density at radius 1 is 1.26 bits per heavy atom. The van der Waals surface area contributed by atoms with Crippen LogP contribution >= 0.6 is 15.9 Å². The maximum atomic E-state index is 12.3. The van der Waals surface area contributed by atoms with Crippen LogP contribution in [-0.2, 0) is 20.1 Å². The van der Waals surface area contributed by atoms with Gasteiger partial charge in [-0.05, 0) is 51.0 Å². The van der Waals surface area contributed by atoms with Crippen LogP contribution in [0.5, 0.6) is 0 Å². The van der Waals surface area contributed by atoms with Crippen molar-refractivity contribution in [3.8, 4) is 0 Å². The second kappa shape index (κ2) is 7.66. The van der Waals surface area contributed by atoms with Gasteiger partial charge in [-0.1, -0.05) is 22.9 Å². The first-order valence-electron chi connectivity index (χ1n) is 7.39. The van der Waals surface area contributed by atoms with Gasteiger partial charge in [0.1, 0.15) is 5.60 Å². The summed E-state index contributed by atoms with van der Waals surface area (Å²) in [7, 11) is -3.42. The van der Waals surface area contributed by atoms with Gasteiger partial charge in [-0.3, -0.25) is 4.31 Å². The van der Waals surface area contributed by atoms with Gasteiger partial charge in [0, 0.05) is 11.9 Å². The normalized spacial score (nSPS) is 12.1. The van der Waals surface area contributed by atoms with Crippen LogP contribution in [0.15, 0.2) is 18.2 Å². The van der Waals surface area contributed by atoms with E-state index in [1.807, 2.05) is 6.92 Å². The number of hydrogen-bond donors (Lipinski definition) is 0. The minimum atomic E-state index is -3.42. The molecule has 130 valence electrons. The SMILES string of the molecule is CCCN(c1cc(CBr)cc(C(=O)OC(C)(C)C)c1)S(C)(=O)=O. The first-order valence-corrected chi connectivity index (χ1v) is 10.4. The maximum absolute atomic E-state index is 12.3. The van der Waals surface area contributed by atoms with E-state index in [1.54, 1.807) is 39.0 Å². The standard InChI is InChI=1S/C16H24BrNO4S/c1-6-7-18(23(5,20)21)14-9-12(11-17)8-13(10-14)15(19)22-16(2,3)4/h8-10H,6-7,11H2,1-5H3. The van der Waals surface area contributed by atoms with Gasteiger partial charge in [-0.15, -0.1) is 0 Å². The Morgan fingerprint density at radius 2 is 1.87 bits per heavy atom. The molecule has 0 aliphatic heterocycles. The van der Waals surface area contributed by atoms with Crippen LogP contribution in [0, 0.1) is 0 Å². The summed E-state index contributed by atoms with van der Waals surface area (Å²) >= 11 is 3.35. The highest BCUT2D eigenvalue weighted by atomic mass is 79.9. The molecular formula is C16H24BrNO4S. The van der Waals surface area contributed by atoms with E-state index < -0.39 is 21.6 Å². The Kier molecular flexibility index (Phi) is 6.65. The fourth-order valence-electron chi connectivity index (χ4n) is 2.04. The monoisotopic (exact) mass is 405 g/mol. The second-order valence-corrected chi connectivity index (χ2v) is 8.83. The predicted molar refractivity (Wildman–Crippen MR) is 96.7 cm³/mol. The molecule has 0 aliphatic rings. The van der Waals surface area contributed by atoms with Gasteiger partial charge in [0.05, 0.1) is 17.5 Å². The maximum Gasteiger partial charge on any atom is 0.338 e. The summed E-state index contributed by atoms with van der Waals surface area (Å²) in [5.74, 6) is -0.466. The fraction of sp³-hybridized carbons (Fsp3) is 0.562. The van der Waals surface area contributed by atoms with Crippen molar-refractivity contribution in [1.29, 1.82) is 0 Å². The van der Waals surface area contributed by atoms with E-state index in [2.05, 4.69) is 15.9 Å². The number of halogens is 1. The minimum absolute atomic E-state index is 0.344. The van der Waals surface area contributed by atoms with Gasteiger partial charge in [0.15, 0.2) is 0 Å². The summed E-state index contributed by atoms with van der Waals surface area (Å²) in [4.78, 5) is 12.3. The van der Waals surface area contributed by atoms with E-state index in [0.717, 1.165) is 11.8 Å². The van der Waals surface area contributed by atoms with E-state index in [1.165, 1.54) is 4.31 Å². The zero-order chi connectivity index (χ0) is 17.8. The zero-order valence-corrected chi connectivity index (χ0v) is 16.6. The Hall–Kier alpha value is -1.08. The van der Waals surface area contributed by atoms with Crippen molar-refractivity contribution in [2.45, 2.75) is 45.0 Å². The summed E-state index contributed by atoms with van der Waals surface area (Å²) in [6.07, 6.45) is 1.84. The third kappa shape index (κ3) is 6.14. The number of esters is 1. The number of carbonyl (C=O) groups is 1. The molecular weight excluding hydrogens is 382 g/mol. The summed E-state index contributed by atoms with van der Waals surface area (Å²) in [5, 5.41) is 0.514. The Bertz CT molecular complexity index is 665. The molecule has 23 heavy (non-hydrogen) atoms. The van der Waals surface area contributed by atoms with Crippen molar-refractivity contribution in [2.24, 2.45) is 0 Å². The van der Waals surface area contributed by atoms with Crippen LogP contribution in [0.4, 0.5) is 5.69 Å². The molecule has 0 saturated heterocycles. The largest absolute Gasteiger partial charge is 0.456 e. The number of alkyl halides is 1. The van der Waals surface area contributed by atoms with Gasteiger partial charge in [-0.2, -0.15) is 0 Å². The van der Waals surface area contributed by atoms with Gasteiger partial charge < -0.3 is 4.74 Å². The highest BCUT2D eigenvalue weighted by Gasteiger charge is 2.22. The van der Waals surface area contributed by atoms with E-state index in [-0.39, 0.29) is 0 Å². The molecule has 1 rings (SSSR count). The molecule has 0 aliphatic carbocycles. The zero-order valence-electron chi connectivity index (χ0n) is 14.2. The molecule has 1 aromatic carbocycles. The molecule has 5 nitrogen and oxygen atoms in total. The molecule has 0 atom stereocenters. The Balaban J connectivity index is 3.34. The van der Waals surface area contributed by atoms with Crippen LogP contribution in [0.3, 0.4) is 0 Å². The number of hydrogen-bond acceptors (Lipinski definition) is 4. The molecule has 7 heteroatoms. The lowest BCUT2D eigenvalue weighted by Gasteiger charge is -2.24. The number of carbonyl (C=O) groups excluding carboxylic acids is 1. The molecule has 0 N–H and O–H groups in total. The lowest BCUT2D eigenvalue weighted by Crippen LogP contribution is -2.31. The third-order valence-corrected chi connectivity index (χ3v) is 4.72. The lowest BCUT2D eigenvalue weighted by molar-refractivity contribution is 0.00694. The first-order chi connectivity index (χ1) is 10.5. The van der Waals surface area contributed by atoms with Crippen molar-refractivity contribution in [3.05, 3.63) is 29.3 Å². The van der Waals surface area contributed by atoms with Crippen molar-refractivity contribution in [2.75, 3.05) is 17.1 Å². The molecule has 0 amide bonds. The van der Waals surface area contributed by atoms with Gasteiger partial charge in [0.25, 0.3) is 0 Å². The molecule has 0 fully saturated rings. The van der Waals surface area contributed by atoms with Crippen LogP contribution in [0.1, 0.15) is 50.0 Å². The highest BCUT2D eigenvalue weighted by Crippen LogP contribution is 2.25. The fourth-order valence-corrected chi connectivity index (χ4v) is 3.37. The van der Waals surface area contributed by atoms with E-state index in [0.29, 0.717) is 29.5 Å². The quantitative estimate of drug-likeness (QED) is 0.534. The summed E-state index contributed by atoms with van der Waals surface area (Å²) in [6, 6.07) is 5.04. The molecule has 0 spiro atoms. The lowest BCUT2D eigenvalue weighted by atomic mass is 10.1. The van der Waals surface area contributed by atoms with Crippen LogP contribution in [0.25, 0.3) is 0 Å². The second-order valence-electron chi connectivity index (χ2n) is 6.36. The topological polar surface area (TPSA) is 63.7 Å². The van der Waals surface area contributed by atoms with Gasteiger partial charge in [0.2, 0.25) is 10.0 Å². The minimum Gasteiger partial charge on any atom is -0.456 e. The van der Waals surface area contributed by atoms with Crippen LogP contribution in [-0.4, -0.2) is 32.8 Å². The number of nitrogens with zero attached hydrogens (tertiary/aromatic N) is 1. The summed E-state index contributed by atoms with van der Waals surface area (Å²) in [6.45, 7) is 7.64. The van der Waals surface area contributed by atoms with Gasteiger partial charge >= 0.3 is 5.97 Å². The Morgan fingerprint density at radius 3 is 2.30 bits per heavy atom. The highest BCUT2D eigenvalue weighted by molar-refractivity contribution is 9.08. The van der Waals surface area contributed by atoms with Crippen molar-refractivity contribution in [3.63, 3.8) is 0 Å². The number of rotatable bonds is 6. The van der Waals surface area contributed by atoms with Crippen LogP contribution < -0.4 is 4.31 Å². The van der Waals surface area contributed by atoms with Crippen LogP contribution in [0.2, 0.25) is 0 Å². The van der Waals surface area contributed by atoms with Gasteiger partial charge in [-0.25, -0.2) is 13.2 Å². The first kappa shape index (κ1) is 20.0. The molecule has 0 radical (unpaired) electrons. The summed E-state index contributed by atoms with van der Waals surface area (Å²) in [5.41, 5.74) is 1.03. The molecule has 0 aromatic heterocycles. The Labute approximate surface area is 147 Å². The summed E-state index contributed by atoms with van der Waals surface area (Å²) < 4.78 is 30.8. The molecule has 1 aromatic rings. The van der Waals surface area contributed by atoms with E-state index in [4.69, 9.17) is 4.74 Å². The molecule has 0 unspecified atom stereocenters. The average Bonchev–Trinajstić information content (AvgIpc) is 2.41. The van der Waals surface area contributed by atoms with Crippen molar-refractivity contribution in [1.82, 2.24) is 0 Å². The number of sulfonamides is 1. The molecule has 0 saturated carbocycles. The van der Waals surface area contributed by atoms with Crippen molar-refractivity contribution < 1.29 is 17.9 Å². The van der Waals surface area contributed by atoms with Crippen molar-refractivity contribution >= 4 is 37.6 Å². The average molecular weight is 406 g/mol. The van der Waals surface area contributed by atoms with E-state index in [9.17, 15) is 13.2 Å². The molecule has 0 bridgehead atoms. The predicted octanol–water partition coefficient (Wildman–Crippen LogP) is 3.71. The molecule has 0 heterocycles.